The third kappa shape index (κ3) is 4.24. The number of phenolic OH excluding ortho intramolecular Hbond substituents is 1. The van der Waals surface area contributed by atoms with E-state index in [4.69, 9.17) is 9.47 Å². The standard InChI is InChI=1S/C20H20O4/c21-18-6-2-1-5-17(18)19(22)13-10-15-8-11-16(12-9-15)24-20-7-3-4-14-23-20/h1-2,5-6,8-13,20-21H,3-4,7,14H2. The van der Waals surface area contributed by atoms with Gasteiger partial charge in [-0.15, -0.1) is 0 Å². The maximum Gasteiger partial charge on any atom is 0.199 e. The van der Waals surface area contributed by atoms with E-state index in [0.29, 0.717) is 5.56 Å². The minimum absolute atomic E-state index is 0.0108. The Morgan fingerprint density at radius 1 is 1.12 bits per heavy atom. The van der Waals surface area contributed by atoms with Crippen LogP contribution in [-0.4, -0.2) is 23.8 Å². The average molecular weight is 324 g/mol. The summed E-state index contributed by atoms with van der Waals surface area (Å²) < 4.78 is 11.3. The lowest BCUT2D eigenvalue weighted by Crippen LogP contribution is -2.24. The molecule has 24 heavy (non-hydrogen) atoms. The molecule has 0 aliphatic carbocycles. The Morgan fingerprint density at radius 2 is 1.92 bits per heavy atom. The fourth-order valence-electron chi connectivity index (χ4n) is 2.56. The van der Waals surface area contributed by atoms with Crippen molar-refractivity contribution in [3.8, 4) is 11.5 Å². The highest BCUT2D eigenvalue weighted by molar-refractivity contribution is 6.08. The van der Waals surface area contributed by atoms with E-state index in [-0.39, 0.29) is 17.8 Å². The molecule has 2 aromatic rings. The molecule has 1 N–H and O–H groups in total. The number of hydrogen-bond donors (Lipinski definition) is 1. The van der Waals surface area contributed by atoms with Crippen molar-refractivity contribution >= 4 is 11.9 Å². The molecule has 0 spiro atoms. The number of carbonyl (C=O) groups excluding carboxylic acids is 1. The molecular formula is C20H20O4. The quantitative estimate of drug-likeness (QED) is 0.662. The number of para-hydroxylation sites is 1. The summed E-state index contributed by atoms with van der Waals surface area (Å²) in [6, 6.07) is 14.0. The Labute approximate surface area is 141 Å². The third-order valence-corrected chi connectivity index (χ3v) is 3.88. The number of benzene rings is 2. The van der Waals surface area contributed by atoms with Gasteiger partial charge in [0.25, 0.3) is 0 Å². The Morgan fingerprint density at radius 3 is 2.62 bits per heavy atom. The lowest BCUT2D eigenvalue weighted by molar-refractivity contribution is -0.105. The Kier molecular flexibility index (Phi) is 5.29. The fraction of sp³-hybridized carbons (Fsp3) is 0.250. The van der Waals surface area contributed by atoms with E-state index in [9.17, 15) is 9.90 Å². The van der Waals surface area contributed by atoms with Crippen LogP contribution in [0.1, 0.15) is 35.2 Å². The summed E-state index contributed by atoms with van der Waals surface area (Å²) in [5, 5.41) is 9.69. The van der Waals surface area contributed by atoms with Gasteiger partial charge in [-0.3, -0.25) is 4.79 Å². The second-order valence-corrected chi connectivity index (χ2v) is 5.70. The molecule has 0 saturated carbocycles. The van der Waals surface area contributed by atoms with Gasteiger partial charge >= 0.3 is 0 Å². The summed E-state index contributed by atoms with van der Waals surface area (Å²) in [5.41, 5.74) is 1.18. The minimum Gasteiger partial charge on any atom is -0.507 e. The average Bonchev–Trinajstić information content (AvgIpc) is 2.62. The fourth-order valence-corrected chi connectivity index (χ4v) is 2.56. The zero-order valence-corrected chi connectivity index (χ0v) is 13.4. The van der Waals surface area contributed by atoms with Crippen molar-refractivity contribution in [2.24, 2.45) is 0 Å². The van der Waals surface area contributed by atoms with Gasteiger partial charge in [0.15, 0.2) is 12.1 Å². The number of allylic oxidation sites excluding steroid dienone is 1. The largest absolute Gasteiger partial charge is 0.507 e. The van der Waals surface area contributed by atoms with Crippen LogP contribution in [0.3, 0.4) is 0 Å². The molecule has 1 fully saturated rings. The summed E-state index contributed by atoms with van der Waals surface area (Å²) in [6.45, 7) is 0.750. The zero-order valence-electron chi connectivity index (χ0n) is 13.4. The topological polar surface area (TPSA) is 55.8 Å². The van der Waals surface area contributed by atoms with E-state index >= 15 is 0 Å². The second kappa shape index (κ2) is 7.79. The van der Waals surface area contributed by atoms with E-state index in [1.807, 2.05) is 24.3 Å². The van der Waals surface area contributed by atoms with E-state index in [1.165, 1.54) is 12.1 Å². The van der Waals surface area contributed by atoms with Crippen LogP contribution in [0.2, 0.25) is 0 Å². The Bertz CT molecular complexity index is 713. The summed E-state index contributed by atoms with van der Waals surface area (Å²) >= 11 is 0. The minimum atomic E-state index is -0.232. The number of ketones is 1. The van der Waals surface area contributed by atoms with Crippen molar-refractivity contribution in [3.63, 3.8) is 0 Å². The molecule has 2 aromatic carbocycles. The molecule has 1 atom stereocenters. The highest BCUT2D eigenvalue weighted by atomic mass is 16.7. The predicted octanol–water partition coefficient (Wildman–Crippen LogP) is 4.19. The Balaban J connectivity index is 1.61. The summed E-state index contributed by atoms with van der Waals surface area (Å²) in [6.07, 6.45) is 6.14. The number of ether oxygens (including phenoxy) is 2. The first-order valence-electron chi connectivity index (χ1n) is 8.11. The van der Waals surface area contributed by atoms with Crippen LogP contribution < -0.4 is 4.74 Å². The summed E-state index contributed by atoms with van der Waals surface area (Å²) in [5.74, 6) is 0.512. The second-order valence-electron chi connectivity index (χ2n) is 5.70. The molecule has 0 radical (unpaired) electrons. The number of hydrogen-bond acceptors (Lipinski definition) is 4. The summed E-state index contributed by atoms with van der Waals surface area (Å²) in [7, 11) is 0. The molecule has 1 aliphatic rings. The van der Waals surface area contributed by atoms with Crippen LogP contribution in [0, 0.1) is 0 Å². The van der Waals surface area contributed by atoms with Gasteiger partial charge in [0.05, 0.1) is 12.2 Å². The molecule has 3 rings (SSSR count). The molecular weight excluding hydrogens is 304 g/mol. The number of phenols is 1. The maximum atomic E-state index is 12.1. The molecule has 0 bridgehead atoms. The molecule has 1 heterocycles. The first-order valence-corrected chi connectivity index (χ1v) is 8.11. The van der Waals surface area contributed by atoms with Crippen molar-refractivity contribution in [2.75, 3.05) is 6.61 Å². The lowest BCUT2D eigenvalue weighted by Gasteiger charge is -2.23. The van der Waals surface area contributed by atoms with Gasteiger partial charge in [-0.05, 0) is 48.7 Å². The van der Waals surface area contributed by atoms with E-state index in [0.717, 1.165) is 37.2 Å². The van der Waals surface area contributed by atoms with Crippen molar-refractivity contribution < 1.29 is 19.4 Å². The van der Waals surface area contributed by atoms with Crippen LogP contribution in [0.5, 0.6) is 11.5 Å². The van der Waals surface area contributed by atoms with E-state index < -0.39 is 0 Å². The first-order chi connectivity index (χ1) is 11.7. The molecule has 0 aromatic heterocycles. The van der Waals surface area contributed by atoms with Gasteiger partial charge in [-0.1, -0.05) is 30.3 Å². The van der Waals surface area contributed by atoms with Crippen molar-refractivity contribution in [1.82, 2.24) is 0 Å². The van der Waals surface area contributed by atoms with Crippen LogP contribution in [0.25, 0.3) is 6.08 Å². The Hall–Kier alpha value is -2.59. The zero-order chi connectivity index (χ0) is 16.8. The van der Waals surface area contributed by atoms with Gasteiger partial charge in [0.1, 0.15) is 11.5 Å². The third-order valence-electron chi connectivity index (χ3n) is 3.88. The summed E-state index contributed by atoms with van der Waals surface area (Å²) in [4.78, 5) is 12.1. The number of carbonyl (C=O) groups is 1. The maximum absolute atomic E-state index is 12.1. The molecule has 0 amide bonds. The van der Waals surface area contributed by atoms with Crippen molar-refractivity contribution in [2.45, 2.75) is 25.6 Å². The van der Waals surface area contributed by atoms with Gasteiger partial charge in [-0.2, -0.15) is 0 Å². The normalized spacial score (nSPS) is 17.8. The highest BCUT2D eigenvalue weighted by Gasteiger charge is 2.14. The SMILES string of the molecule is O=C(C=Cc1ccc(OC2CCCCO2)cc1)c1ccccc1O. The van der Waals surface area contributed by atoms with Crippen molar-refractivity contribution in [3.05, 3.63) is 65.7 Å². The van der Waals surface area contributed by atoms with Gasteiger partial charge in [-0.25, -0.2) is 0 Å². The smallest absolute Gasteiger partial charge is 0.199 e. The highest BCUT2D eigenvalue weighted by Crippen LogP contribution is 2.21. The molecule has 124 valence electrons. The van der Waals surface area contributed by atoms with Crippen LogP contribution in [0.15, 0.2) is 54.6 Å². The first kappa shape index (κ1) is 16.3. The van der Waals surface area contributed by atoms with Gasteiger partial charge < -0.3 is 14.6 Å². The lowest BCUT2D eigenvalue weighted by atomic mass is 10.1. The molecule has 1 saturated heterocycles. The van der Waals surface area contributed by atoms with E-state index in [2.05, 4.69) is 0 Å². The van der Waals surface area contributed by atoms with Gasteiger partial charge in [0, 0.05) is 6.42 Å². The molecule has 1 unspecified atom stereocenters. The number of aromatic hydroxyl groups is 1. The predicted molar refractivity (Wildman–Crippen MR) is 92.1 cm³/mol. The van der Waals surface area contributed by atoms with Crippen LogP contribution in [-0.2, 0) is 4.74 Å². The molecule has 1 aliphatic heterocycles. The van der Waals surface area contributed by atoms with E-state index in [1.54, 1.807) is 24.3 Å². The van der Waals surface area contributed by atoms with Gasteiger partial charge in [0.2, 0.25) is 0 Å². The number of rotatable bonds is 5. The monoisotopic (exact) mass is 324 g/mol. The van der Waals surface area contributed by atoms with Crippen LogP contribution in [0.4, 0.5) is 0 Å². The van der Waals surface area contributed by atoms with Crippen molar-refractivity contribution in [1.29, 1.82) is 0 Å². The van der Waals surface area contributed by atoms with Crippen LogP contribution >= 0.6 is 0 Å². The molecule has 4 heteroatoms. The molecule has 4 nitrogen and oxygen atoms in total.